The number of hydrogen-bond acceptors (Lipinski definition) is 6. The summed E-state index contributed by atoms with van der Waals surface area (Å²) in [4.78, 5) is 16.2. The van der Waals surface area contributed by atoms with Crippen molar-refractivity contribution in [1.82, 2.24) is 0 Å². The summed E-state index contributed by atoms with van der Waals surface area (Å²) >= 11 is 0. The van der Waals surface area contributed by atoms with Crippen molar-refractivity contribution in [2.75, 3.05) is 7.11 Å². The minimum absolute atomic E-state index is 0.119. The largest absolute Gasteiger partial charge is 0.493 e. The van der Waals surface area contributed by atoms with Crippen molar-refractivity contribution in [3.8, 4) is 11.5 Å². The molecular weight excluding hydrogens is 377 g/mol. The van der Waals surface area contributed by atoms with E-state index in [0.717, 1.165) is 0 Å². The lowest BCUT2D eigenvalue weighted by molar-refractivity contribution is -0.130. The van der Waals surface area contributed by atoms with Crippen LogP contribution in [0.4, 0.5) is 4.39 Å². The van der Waals surface area contributed by atoms with Gasteiger partial charge in [-0.25, -0.2) is 14.2 Å². The molecule has 0 unspecified atom stereocenters. The second kappa shape index (κ2) is 8.02. The zero-order valence-corrected chi connectivity index (χ0v) is 15.4. The fourth-order valence-electron chi connectivity index (χ4n) is 2.75. The van der Waals surface area contributed by atoms with E-state index in [0.29, 0.717) is 28.4 Å². The zero-order chi connectivity index (χ0) is 20.2. The molecule has 0 amide bonds. The third-order valence-electron chi connectivity index (χ3n) is 4.13. The van der Waals surface area contributed by atoms with Crippen molar-refractivity contribution in [3.05, 3.63) is 89.3 Å². The van der Waals surface area contributed by atoms with Crippen LogP contribution >= 0.6 is 0 Å². The standard InChI is InChI=1S/C22H16FNO5/c1-26-20-12-14(7-8-18(20)28-13-15-4-2-5-16(23)10-15)11-17-22(25)29-21(24-17)19-6-3-9-27-19/h2-12H,13H2,1H3/b17-11-. The fraction of sp³-hybridized carbons (Fsp3) is 0.0909. The normalized spacial score (nSPS) is 14.6. The van der Waals surface area contributed by atoms with Crippen molar-refractivity contribution in [2.45, 2.75) is 6.61 Å². The number of cyclic esters (lactones) is 1. The van der Waals surface area contributed by atoms with Crippen LogP contribution in [0, 0.1) is 5.82 Å². The first-order valence-electron chi connectivity index (χ1n) is 8.74. The predicted octanol–water partition coefficient (Wildman–Crippen LogP) is 4.35. The van der Waals surface area contributed by atoms with Crippen molar-refractivity contribution < 1.29 is 27.8 Å². The molecule has 29 heavy (non-hydrogen) atoms. The maximum atomic E-state index is 13.3. The third kappa shape index (κ3) is 4.19. The molecule has 146 valence electrons. The molecule has 3 aromatic rings. The summed E-state index contributed by atoms with van der Waals surface area (Å²) in [6, 6.07) is 14.7. The van der Waals surface area contributed by atoms with E-state index in [-0.39, 0.29) is 24.0 Å². The topological polar surface area (TPSA) is 70.3 Å². The number of halogens is 1. The summed E-state index contributed by atoms with van der Waals surface area (Å²) in [7, 11) is 1.51. The van der Waals surface area contributed by atoms with E-state index < -0.39 is 5.97 Å². The van der Waals surface area contributed by atoms with Crippen LogP contribution in [0.2, 0.25) is 0 Å². The fourth-order valence-corrected chi connectivity index (χ4v) is 2.75. The van der Waals surface area contributed by atoms with Gasteiger partial charge in [0.1, 0.15) is 12.4 Å². The van der Waals surface area contributed by atoms with Gasteiger partial charge < -0.3 is 18.6 Å². The number of nitrogens with zero attached hydrogens (tertiary/aromatic N) is 1. The van der Waals surface area contributed by atoms with E-state index in [4.69, 9.17) is 18.6 Å². The van der Waals surface area contributed by atoms with Gasteiger partial charge in [-0.05, 0) is 53.6 Å². The summed E-state index contributed by atoms with van der Waals surface area (Å²) < 4.78 is 34.7. The van der Waals surface area contributed by atoms with E-state index >= 15 is 0 Å². The Balaban J connectivity index is 1.53. The van der Waals surface area contributed by atoms with Crippen LogP contribution in [0.1, 0.15) is 16.9 Å². The molecule has 0 atom stereocenters. The highest BCUT2D eigenvalue weighted by molar-refractivity contribution is 6.11. The van der Waals surface area contributed by atoms with E-state index in [1.807, 2.05) is 0 Å². The Kier molecular flexibility index (Phi) is 5.11. The number of carbonyl (C=O) groups excluding carboxylic acids is 1. The molecule has 6 nitrogen and oxygen atoms in total. The molecule has 0 saturated heterocycles. The first-order chi connectivity index (χ1) is 14.1. The number of methoxy groups -OCH3 is 1. The van der Waals surface area contributed by atoms with Crippen molar-refractivity contribution >= 4 is 17.9 Å². The predicted molar refractivity (Wildman–Crippen MR) is 103 cm³/mol. The smallest absolute Gasteiger partial charge is 0.363 e. The van der Waals surface area contributed by atoms with Crippen LogP contribution in [-0.2, 0) is 16.1 Å². The highest BCUT2D eigenvalue weighted by Crippen LogP contribution is 2.30. The van der Waals surface area contributed by atoms with Crippen LogP contribution in [0.5, 0.6) is 11.5 Å². The monoisotopic (exact) mass is 393 g/mol. The SMILES string of the molecule is COc1cc(/C=C2\N=C(c3ccco3)OC2=O)ccc1OCc1cccc(F)c1. The molecular formula is C22H16FNO5. The second-order valence-corrected chi connectivity index (χ2v) is 6.14. The summed E-state index contributed by atoms with van der Waals surface area (Å²) in [6.07, 6.45) is 3.05. The molecule has 0 spiro atoms. The maximum absolute atomic E-state index is 13.3. The Hall–Kier alpha value is -3.87. The minimum Gasteiger partial charge on any atom is -0.493 e. The highest BCUT2D eigenvalue weighted by atomic mass is 19.1. The van der Waals surface area contributed by atoms with Gasteiger partial charge in [0.25, 0.3) is 5.90 Å². The van der Waals surface area contributed by atoms with Crippen LogP contribution in [-0.4, -0.2) is 19.0 Å². The quantitative estimate of drug-likeness (QED) is 0.460. The number of ether oxygens (including phenoxy) is 3. The van der Waals surface area contributed by atoms with Gasteiger partial charge >= 0.3 is 5.97 Å². The van der Waals surface area contributed by atoms with Gasteiger partial charge in [0.05, 0.1) is 13.4 Å². The number of furan rings is 1. The molecule has 0 N–H and O–H groups in total. The van der Waals surface area contributed by atoms with Crippen LogP contribution < -0.4 is 9.47 Å². The molecule has 0 saturated carbocycles. The molecule has 1 aromatic heterocycles. The van der Waals surface area contributed by atoms with Crippen LogP contribution in [0.3, 0.4) is 0 Å². The second-order valence-electron chi connectivity index (χ2n) is 6.14. The minimum atomic E-state index is -0.568. The van der Waals surface area contributed by atoms with Gasteiger partial charge in [0, 0.05) is 0 Å². The van der Waals surface area contributed by atoms with Gasteiger partial charge in [-0.3, -0.25) is 0 Å². The highest BCUT2D eigenvalue weighted by Gasteiger charge is 2.25. The summed E-state index contributed by atoms with van der Waals surface area (Å²) in [5, 5.41) is 0. The van der Waals surface area contributed by atoms with Crippen molar-refractivity contribution in [1.29, 1.82) is 0 Å². The van der Waals surface area contributed by atoms with Crippen molar-refractivity contribution in [3.63, 3.8) is 0 Å². The van der Waals surface area contributed by atoms with Crippen LogP contribution in [0.25, 0.3) is 6.08 Å². The molecule has 1 aliphatic heterocycles. The Morgan fingerprint density at radius 1 is 1.10 bits per heavy atom. The first kappa shape index (κ1) is 18.5. The Morgan fingerprint density at radius 3 is 2.76 bits per heavy atom. The molecule has 7 heteroatoms. The Bertz CT molecular complexity index is 1100. The molecule has 2 heterocycles. The third-order valence-corrected chi connectivity index (χ3v) is 4.13. The van der Waals surface area contributed by atoms with Gasteiger partial charge in [-0.15, -0.1) is 0 Å². The summed E-state index contributed by atoms with van der Waals surface area (Å²) in [5.74, 6) is 0.568. The van der Waals surface area contributed by atoms with E-state index in [9.17, 15) is 9.18 Å². The zero-order valence-electron chi connectivity index (χ0n) is 15.4. The average molecular weight is 393 g/mol. The van der Waals surface area contributed by atoms with Gasteiger partial charge in [0.15, 0.2) is 23.0 Å². The number of rotatable bonds is 6. The average Bonchev–Trinajstić information content (AvgIpc) is 3.37. The molecule has 0 radical (unpaired) electrons. The lowest BCUT2D eigenvalue weighted by atomic mass is 10.1. The van der Waals surface area contributed by atoms with Gasteiger partial charge in [-0.1, -0.05) is 18.2 Å². The Labute approximate surface area is 165 Å². The summed E-state index contributed by atoms with van der Waals surface area (Å²) in [6.45, 7) is 0.192. The molecule has 0 bridgehead atoms. The molecule has 4 rings (SSSR count). The van der Waals surface area contributed by atoms with Crippen molar-refractivity contribution in [2.24, 2.45) is 4.99 Å². The van der Waals surface area contributed by atoms with E-state index in [1.54, 1.807) is 48.5 Å². The van der Waals surface area contributed by atoms with Crippen LogP contribution in [0.15, 0.2) is 76.0 Å². The van der Waals surface area contributed by atoms with Gasteiger partial charge in [-0.2, -0.15) is 0 Å². The molecule has 1 aliphatic rings. The first-order valence-corrected chi connectivity index (χ1v) is 8.74. The van der Waals surface area contributed by atoms with E-state index in [1.165, 1.54) is 25.5 Å². The molecule has 0 aliphatic carbocycles. The number of carbonyl (C=O) groups is 1. The molecule has 2 aromatic carbocycles. The lowest BCUT2D eigenvalue weighted by Gasteiger charge is -2.11. The summed E-state index contributed by atoms with van der Waals surface area (Å²) in [5.41, 5.74) is 1.52. The number of benzene rings is 2. The Morgan fingerprint density at radius 2 is 2.00 bits per heavy atom. The molecule has 0 fully saturated rings. The number of hydrogen-bond donors (Lipinski definition) is 0. The maximum Gasteiger partial charge on any atom is 0.363 e. The number of esters is 1. The lowest BCUT2D eigenvalue weighted by Crippen LogP contribution is -2.04. The number of aliphatic imine (C=N–C) groups is 1. The van der Waals surface area contributed by atoms with Gasteiger partial charge in [0.2, 0.25) is 0 Å². The van der Waals surface area contributed by atoms with E-state index in [2.05, 4.69) is 4.99 Å².